The van der Waals surface area contributed by atoms with Crippen LogP contribution in [0.2, 0.25) is 0 Å². The maximum Gasteiger partial charge on any atom is 0.461 e. The topological polar surface area (TPSA) is 46.5 Å². The van der Waals surface area contributed by atoms with Gasteiger partial charge >= 0.3 is 18.5 Å². The van der Waals surface area contributed by atoms with E-state index in [1.807, 2.05) is 0 Å². The van der Waals surface area contributed by atoms with Crippen molar-refractivity contribution < 1.29 is 32.2 Å². The second-order valence-corrected chi connectivity index (χ2v) is 3.36. The first-order valence-electron chi connectivity index (χ1n) is 4.97. The molecule has 0 aliphatic heterocycles. The van der Waals surface area contributed by atoms with Gasteiger partial charge in [-0.15, -0.1) is 0 Å². The van der Waals surface area contributed by atoms with Crippen LogP contribution in [-0.2, 0) is 4.79 Å². The highest BCUT2D eigenvalue weighted by atomic mass is 19.3. The minimum atomic E-state index is -4.59. The van der Waals surface area contributed by atoms with Gasteiger partial charge in [0.25, 0.3) is 0 Å². The number of carbonyl (C=O) groups is 1. The van der Waals surface area contributed by atoms with Crippen molar-refractivity contribution >= 4 is 5.97 Å². The normalized spacial score (nSPS) is 10.8. The molecule has 102 valence electrons. The fourth-order valence-electron chi connectivity index (χ4n) is 1.06. The van der Waals surface area contributed by atoms with Crippen LogP contribution >= 0.6 is 0 Å². The van der Waals surface area contributed by atoms with E-state index in [2.05, 4.69) is 16.6 Å². The first-order chi connectivity index (χ1) is 8.81. The van der Waals surface area contributed by atoms with Gasteiger partial charge in [-0.2, -0.15) is 17.6 Å². The van der Waals surface area contributed by atoms with Crippen molar-refractivity contribution in [2.24, 2.45) is 0 Å². The molecule has 0 spiro atoms. The summed E-state index contributed by atoms with van der Waals surface area (Å²) in [7, 11) is 0. The number of alkyl halides is 4. The Bertz CT molecular complexity index is 517. The Morgan fingerprint density at radius 1 is 1.42 bits per heavy atom. The van der Waals surface area contributed by atoms with Crippen LogP contribution in [0.4, 0.5) is 17.6 Å². The number of hydrogen-bond donors (Lipinski definition) is 1. The molecule has 0 fully saturated rings. The highest BCUT2D eigenvalue weighted by Gasteiger charge is 2.43. The van der Waals surface area contributed by atoms with Crippen LogP contribution in [0.5, 0.6) is 5.75 Å². The van der Waals surface area contributed by atoms with Gasteiger partial charge in [-0.3, -0.25) is 4.79 Å². The monoisotopic (exact) mass is 276 g/mol. The molecule has 0 aliphatic carbocycles. The van der Waals surface area contributed by atoms with Crippen LogP contribution < -0.4 is 4.74 Å². The third-order valence-electron chi connectivity index (χ3n) is 1.81. The van der Waals surface area contributed by atoms with Gasteiger partial charge < -0.3 is 9.84 Å². The van der Waals surface area contributed by atoms with Crippen LogP contribution in [-0.4, -0.2) is 23.6 Å². The van der Waals surface area contributed by atoms with E-state index < -0.39 is 30.7 Å². The lowest BCUT2D eigenvalue weighted by Gasteiger charge is -2.16. The molecule has 0 unspecified atom stereocenters. The zero-order valence-corrected chi connectivity index (χ0v) is 9.37. The average Bonchev–Trinajstić information content (AvgIpc) is 2.28. The SMILES string of the molecule is O=C(O)CC#Cc1cccc(OC(F)(F)C(F)F)c1. The summed E-state index contributed by atoms with van der Waals surface area (Å²) < 4.78 is 53.0. The van der Waals surface area contributed by atoms with Gasteiger partial charge in [0.15, 0.2) is 0 Å². The molecule has 1 aromatic rings. The van der Waals surface area contributed by atoms with Crippen molar-refractivity contribution in [2.45, 2.75) is 19.0 Å². The molecule has 1 N–H and O–H groups in total. The van der Waals surface area contributed by atoms with E-state index in [0.29, 0.717) is 0 Å². The lowest BCUT2D eigenvalue weighted by atomic mass is 10.2. The highest BCUT2D eigenvalue weighted by Crippen LogP contribution is 2.27. The molecule has 0 amide bonds. The van der Waals surface area contributed by atoms with E-state index in [1.165, 1.54) is 12.1 Å². The molecular formula is C12H8F4O3. The first kappa shape index (κ1) is 14.8. The van der Waals surface area contributed by atoms with Crippen molar-refractivity contribution in [2.75, 3.05) is 0 Å². The second kappa shape index (κ2) is 6.09. The smallest absolute Gasteiger partial charge is 0.461 e. The van der Waals surface area contributed by atoms with Gasteiger partial charge in [-0.25, -0.2) is 0 Å². The van der Waals surface area contributed by atoms with Crippen LogP contribution in [0, 0.1) is 11.8 Å². The van der Waals surface area contributed by atoms with E-state index in [9.17, 15) is 22.4 Å². The number of carboxylic acid groups (broad SMARTS) is 1. The molecule has 0 heterocycles. The summed E-state index contributed by atoms with van der Waals surface area (Å²) in [4.78, 5) is 10.2. The predicted molar refractivity (Wildman–Crippen MR) is 57.2 cm³/mol. The fourth-order valence-corrected chi connectivity index (χ4v) is 1.06. The molecule has 0 atom stereocenters. The quantitative estimate of drug-likeness (QED) is 0.679. The average molecular weight is 276 g/mol. The molecule has 0 radical (unpaired) electrons. The summed E-state index contributed by atoms with van der Waals surface area (Å²) in [5.41, 5.74) is 0.184. The molecular weight excluding hydrogens is 268 g/mol. The summed E-state index contributed by atoms with van der Waals surface area (Å²) in [6.07, 6.45) is -8.96. The van der Waals surface area contributed by atoms with Crippen molar-refractivity contribution in [3.05, 3.63) is 29.8 Å². The summed E-state index contributed by atoms with van der Waals surface area (Å²) in [6.45, 7) is 0. The minimum Gasteiger partial charge on any atom is -0.481 e. The molecule has 1 rings (SSSR count). The summed E-state index contributed by atoms with van der Waals surface area (Å²) in [5, 5.41) is 8.35. The molecule has 0 saturated carbocycles. The molecule has 0 aliphatic rings. The van der Waals surface area contributed by atoms with Crippen molar-refractivity contribution in [3.8, 4) is 17.6 Å². The number of carboxylic acids is 1. The van der Waals surface area contributed by atoms with Crippen LogP contribution in [0.3, 0.4) is 0 Å². The Balaban J connectivity index is 2.82. The zero-order chi connectivity index (χ0) is 14.5. The number of ether oxygens (including phenoxy) is 1. The standard InChI is InChI=1S/C12H8F4O3/c13-11(14)12(15,16)19-9-5-1-3-8(7-9)4-2-6-10(17)18/h1,3,5,7,11H,6H2,(H,17,18). The van der Waals surface area contributed by atoms with E-state index in [4.69, 9.17) is 5.11 Å². The Morgan fingerprint density at radius 3 is 2.68 bits per heavy atom. The fraction of sp³-hybridized carbons (Fsp3) is 0.250. The molecule has 7 heteroatoms. The zero-order valence-electron chi connectivity index (χ0n) is 9.37. The summed E-state index contributed by atoms with van der Waals surface area (Å²) >= 11 is 0. The van der Waals surface area contributed by atoms with E-state index in [0.717, 1.165) is 12.1 Å². The Kier molecular flexibility index (Phi) is 4.75. The minimum absolute atomic E-state index is 0.184. The molecule has 19 heavy (non-hydrogen) atoms. The van der Waals surface area contributed by atoms with Crippen molar-refractivity contribution in [3.63, 3.8) is 0 Å². The Hall–Kier alpha value is -2.23. The number of benzene rings is 1. The van der Waals surface area contributed by atoms with Gasteiger partial charge in [0.05, 0.1) is 0 Å². The van der Waals surface area contributed by atoms with Gasteiger partial charge in [0.2, 0.25) is 0 Å². The number of halogens is 4. The van der Waals surface area contributed by atoms with E-state index in [-0.39, 0.29) is 5.56 Å². The lowest BCUT2D eigenvalue weighted by molar-refractivity contribution is -0.253. The third kappa shape index (κ3) is 4.87. The highest BCUT2D eigenvalue weighted by molar-refractivity contribution is 5.70. The van der Waals surface area contributed by atoms with E-state index in [1.54, 1.807) is 0 Å². The van der Waals surface area contributed by atoms with Crippen molar-refractivity contribution in [1.82, 2.24) is 0 Å². The first-order valence-corrected chi connectivity index (χ1v) is 4.97. The Morgan fingerprint density at radius 2 is 2.11 bits per heavy atom. The second-order valence-electron chi connectivity index (χ2n) is 3.36. The summed E-state index contributed by atoms with van der Waals surface area (Å²) in [6, 6.07) is 4.77. The van der Waals surface area contributed by atoms with Crippen LogP contribution in [0.15, 0.2) is 24.3 Å². The number of hydrogen-bond acceptors (Lipinski definition) is 2. The van der Waals surface area contributed by atoms with Gasteiger partial charge in [0.1, 0.15) is 12.2 Å². The number of rotatable bonds is 4. The molecule has 0 bridgehead atoms. The van der Waals surface area contributed by atoms with Crippen LogP contribution in [0.1, 0.15) is 12.0 Å². The molecule has 3 nitrogen and oxygen atoms in total. The van der Waals surface area contributed by atoms with Gasteiger partial charge in [0, 0.05) is 5.56 Å². The molecule has 1 aromatic carbocycles. The van der Waals surface area contributed by atoms with Gasteiger partial charge in [-0.05, 0) is 18.2 Å². The van der Waals surface area contributed by atoms with Crippen molar-refractivity contribution in [1.29, 1.82) is 0 Å². The summed E-state index contributed by atoms with van der Waals surface area (Å²) in [5.74, 6) is 3.05. The molecule has 0 saturated heterocycles. The van der Waals surface area contributed by atoms with Gasteiger partial charge in [-0.1, -0.05) is 17.9 Å². The maximum atomic E-state index is 12.6. The van der Waals surface area contributed by atoms with E-state index >= 15 is 0 Å². The van der Waals surface area contributed by atoms with Crippen LogP contribution in [0.25, 0.3) is 0 Å². The third-order valence-corrected chi connectivity index (χ3v) is 1.81. The Labute approximate surface area is 105 Å². The molecule has 0 aromatic heterocycles. The number of aliphatic carboxylic acids is 1. The largest absolute Gasteiger partial charge is 0.481 e. The predicted octanol–water partition coefficient (Wildman–Crippen LogP) is 2.75. The maximum absolute atomic E-state index is 12.6. The lowest BCUT2D eigenvalue weighted by Crippen LogP contribution is -2.33.